The maximum atomic E-state index is 12.7. The minimum atomic E-state index is 0.0393. The number of piperidine rings is 2. The zero-order chi connectivity index (χ0) is 18.8. The SMILES string of the molecule is Cc1cccc(C(=O)N2CCC(N3CCCC(C(=O)NC4CC4)C3)CC2)n1. The van der Waals surface area contributed by atoms with Gasteiger partial charge in [-0.15, -0.1) is 0 Å². The zero-order valence-corrected chi connectivity index (χ0v) is 16.2. The Bertz CT molecular complexity index is 695. The number of likely N-dealkylation sites (tertiary alicyclic amines) is 2. The lowest BCUT2D eigenvalue weighted by molar-refractivity contribution is -0.127. The van der Waals surface area contributed by atoms with Gasteiger partial charge in [0, 0.05) is 37.4 Å². The Balaban J connectivity index is 1.29. The van der Waals surface area contributed by atoms with E-state index in [-0.39, 0.29) is 17.7 Å². The summed E-state index contributed by atoms with van der Waals surface area (Å²) in [5.74, 6) is 0.424. The van der Waals surface area contributed by atoms with Gasteiger partial charge in [0.05, 0.1) is 5.92 Å². The second-order valence-corrected chi connectivity index (χ2v) is 8.30. The van der Waals surface area contributed by atoms with Gasteiger partial charge in [0.15, 0.2) is 0 Å². The third-order valence-electron chi connectivity index (χ3n) is 6.12. The summed E-state index contributed by atoms with van der Waals surface area (Å²) in [5.41, 5.74) is 1.42. The van der Waals surface area contributed by atoms with Gasteiger partial charge in [-0.05, 0) is 64.1 Å². The summed E-state index contributed by atoms with van der Waals surface area (Å²) in [5, 5.41) is 3.17. The van der Waals surface area contributed by atoms with Crippen molar-refractivity contribution in [2.45, 2.75) is 57.5 Å². The molecule has 2 aliphatic heterocycles. The Kier molecular flexibility index (Phi) is 5.43. The number of carbonyl (C=O) groups is 2. The van der Waals surface area contributed by atoms with Crippen molar-refractivity contribution in [3.8, 4) is 0 Å². The first kappa shape index (κ1) is 18.4. The molecule has 6 nitrogen and oxygen atoms in total. The van der Waals surface area contributed by atoms with Crippen LogP contribution in [0.15, 0.2) is 18.2 Å². The highest BCUT2D eigenvalue weighted by Crippen LogP contribution is 2.26. The predicted octanol–water partition coefficient (Wildman–Crippen LogP) is 1.99. The first-order valence-electron chi connectivity index (χ1n) is 10.4. The highest BCUT2D eigenvalue weighted by molar-refractivity contribution is 5.92. The topological polar surface area (TPSA) is 65.5 Å². The zero-order valence-electron chi connectivity index (χ0n) is 16.2. The summed E-state index contributed by atoms with van der Waals surface area (Å²) in [4.78, 5) is 33.9. The summed E-state index contributed by atoms with van der Waals surface area (Å²) >= 11 is 0. The second kappa shape index (κ2) is 7.97. The van der Waals surface area contributed by atoms with Crippen molar-refractivity contribution in [1.29, 1.82) is 0 Å². The molecule has 2 saturated heterocycles. The van der Waals surface area contributed by atoms with Crippen LogP contribution in [0.5, 0.6) is 0 Å². The summed E-state index contributed by atoms with van der Waals surface area (Å²) < 4.78 is 0. The molecule has 1 N–H and O–H groups in total. The van der Waals surface area contributed by atoms with Crippen molar-refractivity contribution in [3.05, 3.63) is 29.6 Å². The Morgan fingerprint density at radius 1 is 1.07 bits per heavy atom. The van der Waals surface area contributed by atoms with E-state index in [1.165, 1.54) is 0 Å². The number of nitrogens with zero attached hydrogens (tertiary/aromatic N) is 3. The fraction of sp³-hybridized carbons (Fsp3) is 0.667. The molecule has 1 atom stereocenters. The molecule has 27 heavy (non-hydrogen) atoms. The lowest BCUT2D eigenvalue weighted by Gasteiger charge is -2.42. The van der Waals surface area contributed by atoms with Crippen molar-refractivity contribution in [1.82, 2.24) is 20.1 Å². The van der Waals surface area contributed by atoms with E-state index in [9.17, 15) is 9.59 Å². The van der Waals surface area contributed by atoms with E-state index >= 15 is 0 Å². The lowest BCUT2D eigenvalue weighted by Crippen LogP contribution is -2.51. The van der Waals surface area contributed by atoms with Gasteiger partial charge < -0.3 is 10.2 Å². The third kappa shape index (κ3) is 4.49. The molecule has 0 bridgehead atoms. The number of carbonyl (C=O) groups excluding carboxylic acids is 2. The van der Waals surface area contributed by atoms with E-state index in [0.717, 1.165) is 70.4 Å². The molecule has 3 heterocycles. The number of hydrogen-bond donors (Lipinski definition) is 1. The van der Waals surface area contributed by atoms with Crippen LogP contribution in [-0.2, 0) is 4.79 Å². The van der Waals surface area contributed by atoms with Crippen LogP contribution < -0.4 is 5.32 Å². The van der Waals surface area contributed by atoms with E-state index in [2.05, 4.69) is 15.2 Å². The fourth-order valence-corrected chi connectivity index (χ4v) is 4.36. The van der Waals surface area contributed by atoms with Gasteiger partial charge in [0.1, 0.15) is 5.69 Å². The van der Waals surface area contributed by atoms with E-state index in [1.807, 2.05) is 24.0 Å². The molecular weight excluding hydrogens is 340 g/mol. The number of nitrogens with one attached hydrogen (secondary N) is 1. The van der Waals surface area contributed by atoms with E-state index in [4.69, 9.17) is 0 Å². The lowest BCUT2D eigenvalue weighted by atomic mass is 9.93. The first-order valence-corrected chi connectivity index (χ1v) is 10.4. The molecule has 1 aliphatic carbocycles. The van der Waals surface area contributed by atoms with Crippen molar-refractivity contribution >= 4 is 11.8 Å². The Morgan fingerprint density at radius 2 is 1.85 bits per heavy atom. The van der Waals surface area contributed by atoms with Crippen LogP contribution in [0, 0.1) is 12.8 Å². The van der Waals surface area contributed by atoms with Crippen LogP contribution in [0.3, 0.4) is 0 Å². The molecule has 3 fully saturated rings. The van der Waals surface area contributed by atoms with Gasteiger partial charge in [0.2, 0.25) is 5.91 Å². The molecule has 0 radical (unpaired) electrons. The molecule has 1 unspecified atom stereocenters. The molecule has 3 aliphatic rings. The molecule has 0 spiro atoms. The monoisotopic (exact) mass is 370 g/mol. The van der Waals surface area contributed by atoms with Gasteiger partial charge in [-0.1, -0.05) is 6.07 Å². The van der Waals surface area contributed by atoms with Gasteiger partial charge in [-0.3, -0.25) is 14.5 Å². The Morgan fingerprint density at radius 3 is 2.56 bits per heavy atom. The van der Waals surface area contributed by atoms with Crippen molar-refractivity contribution < 1.29 is 9.59 Å². The molecular formula is C21H30N4O2. The summed E-state index contributed by atoms with van der Waals surface area (Å²) in [6, 6.07) is 6.53. The van der Waals surface area contributed by atoms with E-state index in [1.54, 1.807) is 6.07 Å². The second-order valence-electron chi connectivity index (χ2n) is 8.30. The van der Waals surface area contributed by atoms with Crippen LogP contribution in [0.25, 0.3) is 0 Å². The number of hydrogen-bond acceptors (Lipinski definition) is 4. The maximum Gasteiger partial charge on any atom is 0.272 e. The molecule has 1 aromatic heterocycles. The van der Waals surface area contributed by atoms with Crippen molar-refractivity contribution in [2.24, 2.45) is 5.92 Å². The van der Waals surface area contributed by atoms with Crippen LogP contribution in [0.4, 0.5) is 0 Å². The van der Waals surface area contributed by atoms with E-state index < -0.39 is 0 Å². The summed E-state index contributed by atoms with van der Waals surface area (Å²) in [6.07, 6.45) is 6.35. The summed E-state index contributed by atoms with van der Waals surface area (Å²) in [6.45, 7) is 5.40. The van der Waals surface area contributed by atoms with Crippen molar-refractivity contribution in [2.75, 3.05) is 26.2 Å². The minimum Gasteiger partial charge on any atom is -0.353 e. The largest absolute Gasteiger partial charge is 0.353 e. The maximum absolute atomic E-state index is 12.7. The smallest absolute Gasteiger partial charge is 0.272 e. The molecule has 146 valence electrons. The van der Waals surface area contributed by atoms with Crippen LogP contribution in [0.2, 0.25) is 0 Å². The van der Waals surface area contributed by atoms with Gasteiger partial charge >= 0.3 is 0 Å². The highest BCUT2D eigenvalue weighted by Gasteiger charge is 2.34. The molecule has 0 aromatic carbocycles. The number of pyridine rings is 1. The molecule has 4 rings (SSSR count). The summed E-state index contributed by atoms with van der Waals surface area (Å²) in [7, 11) is 0. The molecule has 1 saturated carbocycles. The fourth-order valence-electron chi connectivity index (χ4n) is 4.36. The van der Waals surface area contributed by atoms with Gasteiger partial charge in [0.25, 0.3) is 5.91 Å². The third-order valence-corrected chi connectivity index (χ3v) is 6.12. The normalized spacial score (nSPS) is 24.6. The average Bonchev–Trinajstić information content (AvgIpc) is 3.51. The van der Waals surface area contributed by atoms with E-state index in [0.29, 0.717) is 17.8 Å². The van der Waals surface area contributed by atoms with Crippen LogP contribution in [0.1, 0.15) is 54.7 Å². The van der Waals surface area contributed by atoms with Gasteiger partial charge in [-0.2, -0.15) is 0 Å². The predicted molar refractivity (Wildman–Crippen MR) is 103 cm³/mol. The quantitative estimate of drug-likeness (QED) is 0.880. The number of aryl methyl sites for hydroxylation is 1. The minimum absolute atomic E-state index is 0.0393. The number of aromatic nitrogens is 1. The van der Waals surface area contributed by atoms with Crippen molar-refractivity contribution in [3.63, 3.8) is 0 Å². The van der Waals surface area contributed by atoms with Crippen LogP contribution in [-0.4, -0.2) is 64.9 Å². The molecule has 1 aromatic rings. The average molecular weight is 370 g/mol. The molecule has 2 amide bonds. The first-order chi connectivity index (χ1) is 13.1. The number of rotatable bonds is 4. The molecule has 6 heteroatoms. The van der Waals surface area contributed by atoms with Gasteiger partial charge in [-0.25, -0.2) is 4.98 Å². The Labute approximate surface area is 161 Å². The Hall–Kier alpha value is -1.95. The highest BCUT2D eigenvalue weighted by atomic mass is 16.2. The van der Waals surface area contributed by atoms with Crippen LogP contribution >= 0.6 is 0 Å². The number of amides is 2. The standard InChI is InChI=1S/C21H30N4O2/c1-15-4-2-6-19(22-15)21(27)24-12-9-18(10-13-24)25-11-3-5-16(14-25)20(26)23-17-7-8-17/h2,4,6,16-18H,3,5,7-14H2,1H3,(H,23,26).